The van der Waals surface area contributed by atoms with E-state index in [-0.39, 0.29) is 6.54 Å². The Morgan fingerprint density at radius 1 is 1.32 bits per heavy atom. The monoisotopic (exact) mass is 270 g/mol. The van der Waals surface area contributed by atoms with E-state index in [4.69, 9.17) is 5.11 Å². The maximum absolute atomic E-state index is 13.4. The van der Waals surface area contributed by atoms with E-state index in [0.717, 1.165) is 0 Å². The summed E-state index contributed by atoms with van der Waals surface area (Å²) in [5.74, 6) is -3.83. The Labute approximate surface area is 107 Å². The molecule has 0 aliphatic rings. The van der Waals surface area contributed by atoms with E-state index >= 15 is 0 Å². The molecule has 0 heterocycles. The van der Waals surface area contributed by atoms with Crippen molar-refractivity contribution in [2.45, 2.75) is 6.92 Å². The molecule has 0 spiro atoms. The topological polar surface area (TPSA) is 78.4 Å². The van der Waals surface area contributed by atoms with Gasteiger partial charge in [-0.25, -0.2) is 18.4 Å². The minimum absolute atomic E-state index is 0.181. The van der Waals surface area contributed by atoms with Gasteiger partial charge in [-0.1, -0.05) is 12.2 Å². The van der Waals surface area contributed by atoms with Gasteiger partial charge in [0.05, 0.1) is 11.3 Å². The summed E-state index contributed by atoms with van der Waals surface area (Å²) in [4.78, 5) is 22.0. The number of carbonyl (C=O) groups is 2. The van der Waals surface area contributed by atoms with Crippen LogP contribution in [0.1, 0.15) is 17.3 Å². The average Bonchev–Trinajstić information content (AvgIpc) is 2.29. The van der Waals surface area contributed by atoms with Crippen LogP contribution in [-0.2, 0) is 0 Å². The third kappa shape index (κ3) is 4.06. The number of amides is 2. The SMILES string of the molecule is C=C(C)CNC(=O)Nc1cc(C(=O)O)c(F)cc1F. The first-order chi connectivity index (χ1) is 8.81. The molecule has 0 aliphatic carbocycles. The van der Waals surface area contributed by atoms with Crippen molar-refractivity contribution in [1.82, 2.24) is 5.32 Å². The zero-order valence-corrected chi connectivity index (χ0v) is 10.1. The highest BCUT2D eigenvalue weighted by Crippen LogP contribution is 2.19. The molecule has 3 N–H and O–H groups in total. The Balaban J connectivity index is 2.89. The number of halogens is 2. The highest BCUT2D eigenvalue weighted by Gasteiger charge is 2.16. The van der Waals surface area contributed by atoms with Crippen LogP contribution in [-0.4, -0.2) is 23.7 Å². The van der Waals surface area contributed by atoms with Gasteiger partial charge in [-0.05, 0) is 13.0 Å². The Hall–Kier alpha value is -2.44. The maximum Gasteiger partial charge on any atom is 0.338 e. The second-order valence-electron chi connectivity index (χ2n) is 3.88. The Bertz CT molecular complexity index is 544. The second-order valence-corrected chi connectivity index (χ2v) is 3.88. The van der Waals surface area contributed by atoms with Crippen molar-refractivity contribution in [2.75, 3.05) is 11.9 Å². The van der Waals surface area contributed by atoms with Crippen molar-refractivity contribution in [1.29, 1.82) is 0 Å². The van der Waals surface area contributed by atoms with Crippen LogP contribution in [0.2, 0.25) is 0 Å². The molecule has 0 aliphatic heterocycles. The third-order valence-corrected chi connectivity index (χ3v) is 2.09. The van der Waals surface area contributed by atoms with Crippen molar-refractivity contribution in [3.8, 4) is 0 Å². The predicted molar refractivity (Wildman–Crippen MR) is 65.2 cm³/mol. The van der Waals surface area contributed by atoms with Crippen LogP contribution in [0.3, 0.4) is 0 Å². The number of hydrogen-bond donors (Lipinski definition) is 3. The van der Waals surface area contributed by atoms with Crippen LogP contribution in [0, 0.1) is 11.6 Å². The highest BCUT2D eigenvalue weighted by atomic mass is 19.1. The van der Waals surface area contributed by atoms with Gasteiger partial charge < -0.3 is 15.7 Å². The fourth-order valence-corrected chi connectivity index (χ4v) is 1.21. The number of carboxylic acids is 1. The summed E-state index contributed by atoms with van der Waals surface area (Å²) in [6, 6.07) is 0.371. The van der Waals surface area contributed by atoms with Gasteiger partial charge in [0.25, 0.3) is 0 Å². The van der Waals surface area contributed by atoms with Gasteiger partial charge in [-0.2, -0.15) is 0 Å². The first-order valence-corrected chi connectivity index (χ1v) is 5.23. The number of nitrogens with one attached hydrogen (secondary N) is 2. The standard InChI is InChI=1S/C12H12F2N2O3/c1-6(2)5-15-12(19)16-10-3-7(11(17)18)8(13)4-9(10)14/h3-4H,1,5H2,2H3,(H,17,18)(H2,15,16,19). The van der Waals surface area contributed by atoms with Gasteiger partial charge in [0.1, 0.15) is 11.6 Å². The molecule has 0 fully saturated rings. The molecule has 0 saturated heterocycles. The van der Waals surface area contributed by atoms with E-state index in [0.29, 0.717) is 17.7 Å². The molecule has 5 nitrogen and oxygen atoms in total. The Morgan fingerprint density at radius 2 is 1.95 bits per heavy atom. The molecule has 0 aromatic heterocycles. The molecular weight excluding hydrogens is 258 g/mol. The van der Waals surface area contributed by atoms with E-state index in [1.165, 1.54) is 0 Å². The molecule has 0 saturated carbocycles. The van der Waals surface area contributed by atoms with Gasteiger partial charge in [0, 0.05) is 12.6 Å². The normalized spacial score (nSPS) is 9.84. The second kappa shape index (κ2) is 5.94. The van der Waals surface area contributed by atoms with Crippen LogP contribution in [0.25, 0.3) is 0 Å². The lowest BCUT2D eigenvalue weighted by atomic mass is 10.2. The van der Waals surface area contributed by atoms with Crippen LogP contribution in [0.4, 0.5) is 19.3 Å². The van der Waals surface area contributed by atoms with Crippen LogP contribution in [0.5, 0.6) is 0 Å². The minimum Gasteiger partial charge on any atom is -0.478 e. The van der Waals surface area contributed by atoms with Crippen molar-refractivity contribution in [3.05, 3.63) is 41.5 Å². The van der Waals surface area contributed by atoms with Gasteiger partial charge >= 0.3 is 12.0 Å². The number of aromatic carboxylic acids is 1. The van der Waals surface area contributed by atoms with Gasteiger partial charge in [0.2, 0.25) is 0 Å². The number of carboxylic acid groups (broad SMARTS) is 1. The van der Waals surface area contributed by atoms with Crippen molar-refractivity contribution in [3.63, 3.8) is 0 Å². The summed E-state index contributed by atoms with van der Waals surface area (Å²) in [6.45, 7) is 5.42. The average molecular weight is 270 g/mol. The molecule has 19 heavy (non-hydrogen) atoms. The molecule has 0 unspecified atom stereocenters. The third-order valence-electron chi connectivity index (χ3n) is 2.09. The molecule has 2 amide bonds. The summed E-state index contributed by atoms with van der Waals surface area (Å²) in [7, 11) is 0. The van der Waals surface area contributed by atoms with E-state index in [1.54, 1.807) is 6.92 Å². The zero-order chi connectivity index (χ0) is 14.6. The predicted octanol–water partition coefficient (Wildman–Crippen LogP) is 2.36. The van der Waals surface area contributed by atoms with E-state index in [2.05, 4.69) is 17.2 Å². The summed E-state index contributed by atoms with van der Waals surface area (Å²) in [6.07, 6.45) is 0. The number of carbonyl (C=O) groups excluding carboxylic acids is 1. The summed E-state index contributed by atoms with van der Waals surface area (Å²) in [5, 5.41) is 13.1. The molecule has 0 bridgehead atoms. The van der Waals surface area contributed by atoms with Gasteiger partial charge in [0.15, 0.2) is 0 Å². The Morgan fingerprint density at radius 3 is 2.47 bits per heavy atom. The number of rotatable bonds is 4. The molecule has 1 aromatic carbocycles. The minimum atomic E-state index is -1.55. The molecular formula is C12H12F2N2O3. The molecule has 0 atom stereocenters. The van der Waals surface area contributed by atoms with Crippen molar-refractivity contribution < 1.29 is 23.5 Å². The summed E-state index contributed by atoms with van der Waals surface area (Å²) in [5.41, 5.74) is -0.462. The number of urea groups is 1. The quantitative estimate of drug-likeness (QED) is 0.735. The fourth-order valence-electron chi connectivity index (χ4n) is 1.21. The first kappa shape index (κ1) is 14.6. The molecule has 102 valence electrons. The van der Waals surface area contributed by atoms with Crippen molar-refractivity contribution >= 4 is 17.7 Å². The van der Waals surface area contributed by atoms with E-state index in [1.807, 2.05) is 0 Å². The number of hydrogen-bond acceptors (Lipinski definition) is 2. The summed E-state index contributed by atoms with van der Waals surface area (Å²) >= 11 is 0. The maximum atomic E-state index is 13.4. The lowest BCUT2D eigenvalue weighted by Gasteiger charge is -2.09. The number of benzene rings is 1. The number of anilines is 1. The van der Waals surface area contributed by atoms with Crippen LogP contribution < -0.4 is 10.6 Å². The van der Waals surface area contributed by atoms with Crippen molar-refractivity contribution in [2.24, 2.45) is 0 Å². The molecule has 1 aromatic rings. The first-order valence-electron chi connectivity index (χ1n) is 5.23. The van der Waals surface area contributed by atoms with Gasteiger partial charge in [-0.3, -0.25) is 0 Å². The molecule has 1 rings (SSSR count). The van der Waals surface area contributed by atoms with E-state index in [9.17, 15) is 18.4 Å². The molecule has 0 radical (unpaired) electrons. The fraction of sp³-hybridized carbons (Fsp3) is 0.167. The zero-order valence-electron chi connectivity index (χ0n) is 10.1. The van der Waals surface area contributed by atoms with Crippen LogP contribution in [0.15, 0.2) is 24.3 Å². The lowest BCUT2D eigenvalue weighted by molar-refractivity contribution is 0.0692. The lowest BCUT2D eigenvalue weighted by Crippen LogP contribution is -2.30. The molecule has 7 heteroatoms. The smallest absolute Gasteiger partial charge is 0.338 e. The van der Waals surface area contributed by atoms with Gasteiger partial charge in [-0.15, -0.1) is 0 Å². The highest BCUT2D eigenvalue weighted by molar-refractivity contribution is 5.93. The van der Waals surface area contributed by atoms with E-state index < -0.39 is 34.9 Å². The Kier molecular flexibility index (Phi) is 4.57. The summed E-state index contributed by atoms with van der Waals surface area (Å²) < 4.78 is 26.5. The van der Waals surface area contributed by atoms with Crippen LogP contribution >= 0.6 is 0 Å². The largest absolute Gasteiger partial charge is 0.478 e.